The van der Waals surface area contributed by atoms with Gasteiger partial charge >= 0.3 is 0 Å². The standard InChI is InChI=1S/C35H38N6O2/c1-39-32-20-19-26(23-27(32)24-36-39)30-16-9-10-17-31(30)34(43)38-35-37-28(25-41(35)29-14-6-3-7-15-29)13-5-2-8-18-33(42)40-21-11-4-12-22-40/h3,6-7,9-10,14-17,19-20,23-25H,2,4-5,8,11-13,18,21-22H2,1H3,(H,37,38,43). The van der Waals surface area contributed by atoms with Crippen molar-refractivity contribution in [2.45, 2.75) is 51.4 Å². The molecule has 43 heavy (non-hydrogen) atoms. The second-order valence-corrected chi connectivity index (χ2v) is 11.3. The van der Waals surface area contributed by atoms with Crippen molar-refractivity contribution in [3.05, 3.63) is 96.4 Å². The van der Waals surface area contributed by atoms with Crippen molar-refractivity contribution in [3.63, 3.8) is 0 Å². The molecule has 3 aromatic carbocycles. The Hall–Kier alpha value is -4.72. The van der Waals surface area contributed by atoms with Crippen LogP contribution in [-0.4, -0.2) is 49.1 Å². The van der Waals surface area contributed by atoms with Gasteiger partial charge in [0, 0.05) is 49.4 Å². The van der Waals surface area contributed by atoms with Crippen LogP contribution in [0, 0.1) is 0 Å². The number of amides is 2. The lowest BCUT2D eigenvalue weighted by molar-refractivity contribution is -0.132. The number of rotatable bonds is 10. The fourth-order valence-electron chi connectivity index (χ4n) is 5.92. The quantitative estimate of drug-likeness (QED) is 0.186. The summed E-state index contributed by atoms with van der Waals surface area (Å²) in [5.41, 5.74) is 5.26. The van der Waals surface area contributed by atoms with Crippen LogP contribution in [-0.2, 0) is 18.3 Å². The van der Waals surface area contributed by atoms with Gasteiger partial charge in [0.25, 0.3) is 5.91 Å². The minimum absolute atomic E-state index is 0.215. The van der Waals surface area contributed by atoms with Gasteiger partial charge in [-0.15, -0.1) is 0 Å². The van der Waals surface area contributed by atoms with Crippen molar-refractivity contribution >= 4 is 28.7 Å². The summed E-state index contributed by atoms with van der Waals surface area (Å²) in [6.07, 6.45) is 11.5. The number of likely N-dealkylation sites (tertiary alicyclic amines) is 1. The van der Waals surface area contributed by atoms with Gasteiger partial charge in [-0.25, -0.2) is 4.98 Å². The van der Waals surface area contributed by atoms with Gasteiger partial charge in [0.1, 0.15) is 0 Å². The molecule has 2 aromatic heterocycles. The molecular formula is C35H38N6O2. The number of aromatic nitrogens is 4. The molecule has 1 aliphatic rings. The smallest absolute Gasteiger partial charge is 0.258 e. The topological polar surface area (TPSA) is 85.0 Å². The summed E-state index contributed by atoms with van der Waals surface area (Å²) < 4.78 is 3.78. The fraction of sp³-hybridized carbons (Fsp3) is 0.314. The molecule has 0 spiro atoms. The van der Waals surface area contributed by atoms with Crippen molar-refractivity contribution in [2.24, 2.45) is 7.05 Å². The number of aryl methyl sites for hydroxylation is 2. The number of unbranched alkanes of at least 4 members (excludes halogenated alkanes) is 2. The third kappa shape index (κ3) is 6.53. The first-order valence-corrected chi connectivity index (χ1v) is 15.3. The Balaban J connectivity index is 1.16. The fourth-order valence-corrected chi connectivity index (χ4v) is 5.92. The van der Waals surface area contributed by atoms with Crippen LogP contribution >= 0.6 is 0 Å². The Morgan fingerprint density at radius 2 is 1.67 bits per heavy atom. The number of hydrogen-bond acceptors (Lipinski definition) is 4. The second kappa shape index (κ2) is 13.1. The van der Waals surface area contributed by atoms with Crippen LogP contribution < -0.4 is 5.32 Å². The summed E-state index contributed by atoms with van der Waals surface area (Å²) in [4.78, 5) is 33.1. The van der Waals surface area contributed by atoms with Crippen LogP contribution in [0.3, 0.4) is 0 Å². The molecule has 1 aliphatic heterocycles. The Bertz CT molecular complexity index is 1720. The minimum Gasteiger partial charge on any atom is -0.343 e. The molecule has 0 bridgehead atoms. The van der Waals surface area contributed by atoms with Gasteiger partial charge in [0.05, 0.1) is 17.4 Å². The van der Waals surface area contributed by atoms with Crippen molar-refractivity contribution in [1.29, 1.82) is 0 Å². The summed E-state index contributed by atoms with van der Waals surface area (Å²) in [7, 11) is 1.92. The van der Waals surface area contributed by atoms with Crippen LogP contribution in [0.5, 0.6) is 0 Å². The van der Waals surface area contributed by atoms with Crippen molar-refractivity contribution in [3.8, 4) is 16.8 Å². The largest absolute Gasteiger partial charge is 0.343 e. The predicted octanol–water partition coefficient (Wildman–Crippen LogP) is 6.79. The van der Waals surface area contributed by atoms with Crippen LogP contribution in [0.1, 0.15) is 61.0 Å². The van der Waals surface area contributed by atoms with E-state index in [9.17, 15) is 9.59 Å². The maximum atomic E-state index is 13.7. The molecular weight excluding hydrogens is 536 g/mol. The lowest BCUT2D eigenvalue weighted by atomic mass is 9.98. The average molecular weight is 575 g/mol. The molecule has 0 radical (unpaired) electrons. The van der Waals surface area contributed by atoms with Gasteiger partial charge in [-0.1, -0.05) is 48.9 Å². The third-order valence-corrected chi connectivity index (χ3v) is 8.28. The molecule has 1 N–H and O–H groups in total. The van der Waals surface area contributed by atoms with Gasteiger partial charge in [-0.2, -0.15) is 5.10 Å². The Morgan fingerprint density at radius 3 is 2.51 bits per heavy atom. The van der Waals surface area contributed by atoms with Crippen LogP contribution in [0.2, 0.25) is 0 Å². The highest BCUT2D eigenvalue weighted by Gasteiger charge is 2.18. The number of hydrogen-bond donors (Lipinski definition) is 1. The molecule has 1 saturated heterocycles. The molecule has 0 atom stereocenters. The predicted molar refractivity (Wildman–Crippen MR) is 170 cm³/mol. The number of benzene rings is 3. The number of fused-ring (bicyclic) bond motifs is 1. The minimum atomic E-state index is -0.215. The van der Waals surface area contributed by atoms with Gasteiger partial charge in [-0.3, -0.25) is 24.2 Å². The summed E-state index contributed by atoms with van der Waals surface area (Å²) in [6, 6.07) is 23.7. The first-order chi connectivity index (χ1) is 21.1. The zero-order valence-corrected chi connectivity index (χ0v) is 24.7. The van der Waals surface area contributed by atoms with Gasteiger partial charge in [-0.05, 0) is 80.0 Å². The number of nitrogens with one attached hydrogen (secondary N) is 1. The van der Waals surface area contributed by atoms with Crippen LogP contribution in [0.25, 0.3) is 27.7 Å². The zero-order valence-electron chi connectivity index (χ0n) is 24.7. The van der Waals surface area contributed by atoms with E-state index in [1.165, 1.54) is 6.42 Å². The number of carbonyl (C=O) groups is 2. The molecule has 0 aliphatic carbocycles. The Morgan fingerprint density at radius 1 is 0.884 bits per heavy atom. The normalized spacial score (nSPS) is 13.4. The molecule has 5 aromatic rings. The van der Waals surface area contributed by atoms with Crippen molar-refractivity contribution < 1.29 is 9.59 Å². The van der Waals surface area contributed by atoms with E-state index in [0.29, 0.717) is 23.8 Å². The third-order valence-electron chi connectivity index (χ3n) is 8.28. The molecule has 8 heteroatoms. The Labute approximate surface area is 252 Å². The zero-order chi connectivity index (χ0) is 29.6. The van der Waals surface area contributed by atoms with E-state index in [2.05, 4.69) is 16.5 Å². The molecule has 3 heterocycles. The van der Waals surface area contributed by atoms with E-state index in [1.807, 2.05) is 100 Å². The van der Waals surface area contributed by atoms with E-state index < -0.39 is 0 Å². The monoisotopic (exact) mass is 574 g/mol. The average Bonchev–Trinajstić information content (AvgIpc) is 3.63. The summed E-state index contributed by atoms with van der Waals surface area (Å²) in [6.45, 7) is 1.82. The van der Waals surface area contributed by atoms with E-state index in [1.54, 1.807) is 0 Å². The molecule has 8 nitrogen and oxygen atoms in total. The summed E-state index contributed by atoms with van der Waals surface area (Å²) >= 11 is 0. The number of nitrogens with zero attached hydrogens (tertiary/aromatic N) is 5. The van der Waals surface area contributed by atoms with Crippen LogP contribution in [0.4, 0.5) is 5.95 Å². The first kappa shape index (κ1) is 28.4. The molecule has 220 valence electrons. The highest BCUT2D eigenvalue weighted by Crippen LogP contribution is 2.28. The lowest BCUT2D eigenvalue weighted by Gasteiger charge is -2.26. The van der Waals surface area contributed by atoms with Crippen LogP contribution in [0.15, 0.2) is 85.2 Å². The van der Waals surface area contributed by atoms with Gasteiger partial charge in [0.2, 0.25) is 11.9 Å². The van der Waals surface area contributed by atoms with E-state index in [0.717, 1.165) is 85.0 Å². The summed E-state index contributed by atoms with van der Waals surface area (Å²) in [5, 5.41) is 8.47. The highest BCUT2D eigenvalue weighted by molar-refractivity contribution is 6.08. The van der Waals surface area contributed by atoms with Gasteiger partial charge in [0.15, 0.2) is 0 Å². The molecule has 0 saturated carbocycles. The Kier molecular flexibility index (Phi) is 8.63. The van der Waals surface area contributed by atoms with E-state index in [4.69, 9.17) is 4.98 Å². The SMILES string of the molecule is Cn1ncc2cc(-c3ccccc3C(=O)Nc3nc(CCCCCC(=O)N4CCCCC4)cn3-c3ccccc3)ccc21. The molecule has 2 amide bonds. The summed E-state index contributed by atoms with van der Waals surface area (Å²) in [5.74, 6) is 0.565. The lowest BCUT2D eigenvalue weighted by Crippen LogP contribution is -2.35. The maximum Gasteiger partial charge on any atom is 0.258 e. The first-order valence-electron chi connectivity index (χ1n) is 15.3. The second-order valence-electron chi connectivity index (χ2n) is 11.3. The number of carbonyl (C=O) groups excluding carboxylic acids is 2. The number of piperidine rings is 1. The van der Waals surface area contributed by atoms with E-state index in [-0.39, 0.29) is 5.91 Å². The highest BCUT2D eigenvalue weighted by atomic mass is 16.2. The van der Waals surface area contributed by atoms with Gasteiger partial charge < -0.3 is 4.90 Å². The molecule has 0 unspecified atom stereocenters. The number of anilines is 1. The number of imidazole rings is 1. The van der Waals surface area contributed by atoms with Crippen molar-refractivity contribution in [2.75, 3.05) is 18.4 Å². The number of para-hydroxylation sites is 1. The van der Waals surface area contributed by atoms with Crippen molar-refractivity contribution in [1.82, 2.24) is 24.2 Å². The maximum absolute atomic E-state index is 13.7. The molecule has 6 rings (SSSR count). The van der Waals surface area contributed by atoms with E-state index >= 15 is 0 Å². The molecule has 1 fully saturated rings.